The number of carboxylic acids is 1. The number of amides is 1. The molecule has 0 bridgehead atoms. The van der Waals surface area contributed by atoms with E-state index in [2.05, 4.69) is 10.3 Å². The first-order chi connectivity index (χ1) is 11.0. The summed E-state index contributed by atoms with van der Waals surface area (Å²) in [4.78, 5) is 25.8. The van der Waals surface area contributed by atoms with Crippen LogP contribution in [-0.4, -0.2) is 22.5 Å². The third-order valence-corrected chi connectivity index (χ3v) is 4.11. The molecule has 0 saturated carbocycles. The zero-order chi connectivity index (χ0) is 16.4. The van der Waals surface area contributed by atoms with Crippen molar-refractivity contribution in [3.8, 4) is 11.3 Å². The second-order valence-corrected chi connectivity index (χ2v) is 5.73. The van der Waals surface area contributed by atoms with E-state index in [0.717, 1.165) is 16.8 Å². The van der Waals surface area contributed by atoms with Gasteiger partial charge in [-0.05, 0) is 30.2 Å². The van der Waals surface area contributed by atoms with Crippen LogP contribution in [0.2, 0.25) is 0 Å². The minimum Gasteiger partial charge on any atom is -1.00 e. The molecule has 1 aliphatic heterocycles. The molecule has 1 unspecified atom stereocenters. The van der Waals surface area contributed by atoms with Crippen LogP contribution in [-0.2, 0) is 16.0 Å². The van der Waals surface area contributed by atoms with Crippen molar-refractivity contribution >= 4 is 11.9 Å². The number of pyridine rings is 1. The molecule has 2 heterocycles. The number of aliphatic carboxylic acids is 1. The number of rotatable bonds is 4. The second kappa shape index (κ2) is 10.2. The molecule has 1 atom stereocenters. The first kappa shape index (κ1) is 24.8. The van der Waals surface area contributed by atoms with Crippen molar-refractivity contribution in [2.45, 2.75) is 24.8 Å². The summed E-state index contributed by atoms with van der Waals surface area (Å²) in [5.41, 5.74) is 1.23. The Morgan fingerprint density at radius 1 is 1.19 bits per heavy atom. The monoisotopic (exact) mass is 408 g/mol. The molecule has 1 aliphatic rings. The zero-order valence-electron chi connectivity index (χ0n) is 14.1. The van der Waals surface area contributed by atoms with Gasteiger partial charge in [-0.15, -0.1) is 0 Å². The first-order valence-corrected chi connectivity index (χ1v) is 7.29. The van der Waals surface area contributed by atoms with E-state index in [1.54, 1.807) is 6.07 Å². The third-order valence-electron chi connectivity index (χ3n) is 4.11. The number of H-pyrrole nitrogens is 1. The average Bonchev–Trinajstić information content (AvgIpc) is 2.91. The van der Waals surface area contributed by atoms with Crippen LogP contribution in [0.4, 0.5) is 4.39 Å². The molecule has 5 nitrogen and oxygen atoms in total. The van der Waals surface area contributed by atoms with Gasteiger partial charge in [-0.25, -0.2) is 14.2 Å². The third kappa shape index (κ3) is 5.41. The van der Waals surface area contributed by atoms with Gasteiger partial charge in [0.1, 0.15) is 5.54 Å². The molecule has 3 rings (SSSR count). The molecule has 0 radical (unpaired) electrons. The fourth-order valence-electron chi connectivity index (χ4n) is 2.82. The van der Waals surface area contributed by atoms with Crippen LogP contribution >= 0.6 is 0 Å². The Kier molecular flexibility index (Phi) is 9.77. The van der Waals surface area contributed by atoms with Crippen LogP contribution < -0.4 is 64.7 Å². The van der Waals surface area contributed by atoms with Crippen molar-refractivity contribution in [1.82, 2.24) is 5.32 Å². The molecule has 1 aromatic heterocycles. The summed E-state index contributed by atoms with van der Waals surface area (Å²) in [5.74, 6) is -1.59. The van der Waals surface area contributed by atoms with Crippen LogP contribution in [0.5, 0.6) is 0 Å². The van der Waals surface area contributed by atoms with Gasteiger partial charge in [-0.1, -0.05) is 12.1 Å². The van der Waals surface area contributed by atoms with Crippen molar-refractivity contribution in [1.29, 1.82) is 0 Å². The van der Waals surface area contributed by atoms with Gasteiger partial charge in [0.15, 0.2) is 5.82 Å². The van der Waals surface area contributed by atoms with Crippen molar-refractivity contribution in [3.63, 3.8) is 0 Å². The van der Waals surface area contributed by atoms with Crippen LogP contribution in [0.3, 0.4) is 0 Å². The average molecular weight is 409 g/mol. The van der Waals surface area contributed by atoms with E-state index < -0.39 is 11.5 Å². The van der Waals surface area contributed by atoms with Gasteiger partial charge in [-0.2, -0.15) is 0 Å². The Balaban J connectivity index is 0.00000208. The maximum absolute atomic E-state index is 12.9. The summed E-state index contributed by atoms with van der Waals surface area (Å²) in [6.07, 6.45) is 2.03. The fourth-order valence-corrected chi connectivity index (χ4v) is 2.82. The molecule has 1 fully saturated rings. The maximum atomic E-state index is 12.9. The van der Waals surface area contributed by atoms with E-state index in [-0.39, 0.29) is 85.4 Å². The normalized spacial score (nSPS) is 18.0. The molecule has 1 aromatic carbocycles. The molecule has 0 aliphatic carbocycles. The predicted octanol–water partition coefficient (Wildman–Crippen LogP) is -7.41. The number of halogens is 3. The zero-order valence-corrected chi connectivity index (χ0v) is 17.6. The Labute approximate surface area is 184 Å². The number of nitrogens with one attached hydrogen (secondary N) is 2. The molecular formula is C17H16Cl2FN2NaO3. The molecule has 1 saturated heterocycles. The van der Waals surface area contributed by atoms with Crippen LogP contribution in [0.15, 0.2) is 42.6 Å². The van der Waals surface area contributed by atoms with Gasteiger partial charge >= 0.3 is 35.5 Å². The molecule has 9 heteroatoms. The number of carboxylic acid groups (broad SMARTS) is 1. The summed E-state index contributed by atoms with van der Waals surface area (Å²) in [6.45, 7) is 0. The molecular weight excluding hydrogens is 393 g/mol. The molecule has 134 valence electrons. The Morgan fingerprint density at radius 2 is 1.85 bits per heavy atom. The standard InChI is InChI=1S/C17H15FN2O3.2ClH.Na/c18-13-5-6-14(19-10-13)12-3-1-11(2-4-12)9-17(16(22)23)8-7-15(21)20-17;;;/h1-6,10H,7-9H2,(H,20,21)(H,22,23);2*1H;/q;;;+1/p-1. The maximum Gasteiger partial charge on any atom is 1.00 e. The number of hydrogen-bond acceptors (Lipinski definition) is 2. The molecule has 3 N–H and O–H groups in total. The van der Waals surface area contributed by atoms with E-state index in [1.165, 1.54) is 12.3 Å². The number of aromatic nitrogens is 1. The topological polar surface area (TPSA) is 80.5 Å². The van der Waals surface area contributed by atoms with Crippen LogP contribution in [0.1, 0.15) is 18.4 Å². The SMILES string of the molecule is O=C1CCC(Cc2ccc(-c3ccc(F)c[nH+]3)cc2)(C(=O)O)N1.[Cl-].[Cl-].[Na+]. The minimum atomic E-state index is -1.22. The number of hydrogen-bond donors (Lipinski definition) is 2. The van der Waals surface area contributed by atoms with Crippen molar-refractivity contribution in [2.75, 3.05) is 0 Å². The van der Waals surface area contributed by atoms with E-state index in [1.807, 2.05) is 24.3 Å². The van der Waals surface area contributed by atoms with E-state index >= 15 is 0 Å². The van der Waals surface area contributed by atoms with Crippen molar-refractivity contribution in [3.05, 3.63) is 54.0 Å². The first-order valence-electron chi connectivity index (χ1n) is 7.29. The summed E-state index contributed by atoms with van der Waals surface area (Å²) < 4.78 is 12.9. The fraction of sp³-hybridized carbons (Fsp3) is 0.235. The van der Waals surface area contributed by atoms with Crippen LogP contribution in [0.25, 0.3) is 11.3 Å². The van der Waals surface area contributed by atoms with E-state index in [9.17, 15) is 19.1 Å². The Bertz CT molecular complexity index is 760. The van der Waals surface area contributed by atoms with Gasteiger partial charge in [0.2, 0.25) is 17.8 Å². The summed E-state index contributed by atoms with van der Waals surface area (Å²) in [5, 5.41) is 12.0. The molecule has 1 amide bonds. The summed E-state index contributed by atoms with van der Waals surface area (Å²) in [7, 11) is 0. The molecule has 0 spiro atoms. The van der Waals surface area contributed by atoms with Gasteiger partial charge in [0.25, 0.3) is 0 Å². The number of carbonyl (C=O) groups excluding carboxylic acids is 1. The number of benzene rings is 1. The van der Waals surface area contributed by atoms with E-state index in [0.29, 0.717) is 0 Å². The number of aromatic amines is 1. The van der Waals surface area contributed by atoms with Crippen molar-refractivity contribution < 1.29 is 78.4 Å². The van der Waals surface area contributed by atoms with Gasteiger partial charge < -0.3 is 35.2 Å². The smallest absolute Gasteiger partial charge is 1.00 e. The van der Waals surface area contributed by atoms with Crippen molar-refractivity contribution in [2.24, 2.45) is 0 Å². The predicted molar refractivity (Wildman–Crippen MR) is 79.8 cm³/mol. The number of carbonyl (C=O) groups is 2. The largest absolute Gasteiger partial charge is 1.00 e. The minimum absolute atomic E-state index is 0. The molecule has 2 aromatic rings. The summed E-state index contributed by atoms with van der Waals surface area (Å²) >= 11 is 0. The summed E-state index contributed by atoms with van der Waals surface area (Å²) in [6, 6.07) is 10.3. The Morgan fingerprint density at radius 3 is 2.31 bits per heavy atom. The van der Waals surface area contributed by atoms with Gasteiger partial charge in [-0.3, -0.25) is 4.79 Å². The van der Waals surface area contributed by atoms with Crippen LogP contribution in [0, 0.1) is 5.82 Å². The molecule has 26 heavy (non-hydrogen) atoms. The van der Waals surface area contributed by atoms with E-state index in [4.69, 9.17) is 0 Å². The van der Waals surface area contributed by atoms with Gasteiger partial charge in [0, 0.05) is 24.5 Å². The Hall–Kier alpha value is -1.18. The second-order valence-electron chi connectivity index (χ2n) is 5.73. The quantitative estimate of drug-likeness (QED) is 0.493. The van der Waals surface area contributed by atoms with Gasteiger partial charge in [0.05, 0.1) is 0 Å².